The maximum absolute atomic E-state index is 5.69. The number of anilines is 1. The van der Waals surface area contributed by atoms with Gasteiger partial charge < -0.3 is 9.84 Å². The highest BCUT2D eigenvalue weighted by Crippen LogP contribution is 2.44. The highest BCUT2D eigenvalue weighted by atomic mass is 16.5. The molecule has 1 aromatic carbocycles. The van der Waals surface area contributed by atoms with Crippen LogP contribution in [-0.2, 0) is 0 Å². The number of nitrogens with one attached hydrogen (secondary N) is 1. The molecule has 1 saturated carbocycles. The highest BCUT2D eigenvalue weighted by molar-refractivity contribution is 5.94. The molecule has 0 amide bonds. The van der Waals surface area contributed by atoms with E-state index in [2.05, 4.69) is 59.4 Å². The second-order valence-electron chi connectivity index (χ2n) is 7.30. The molecule has 3 aromatic rings. The Kier molecular flexibility index (Phi) is 3.74. The average molecular weight is 336 g/mol. The summed E-state index contributed by atoms with van der Waals surface area (Å²) < 4.78 is 5.69. The highest BCUT2D eigenvalue weighted by Gasteiger charge is 2.42. The van der Waals surface area contributed by atoms with E-state index in [1.807, 2.05) is 6.92 Å². The molecule has 1 N–H and O–H groups in total. The van der Waals surface area contributed by atoms with Crippen LogP contribution in [-0.4, -0.2) is 20.7 Å². The molecule has 0 unspecified atom stereocenters. The fourth-order valence-electron chi connectivity index (χ4n) is 3.60. The molecule has 1 aliphatic carbocycles. The lowest BCUT2D eigenvalue weighted by atomic mass is 10.0. The zero-order valence-electron chi connectivity index (χ0n) is 15.3. The number of benzene rings is 1. The zero-order valence-corrected chi connectivity index (χ0v) is 15.3. The average Bonchev–Trinajstić information content (AvgIpc) is 3.17. The van der Waals surface area contributed by atoms with E-state index in [1.165, 1.54) is 24.0 Å². The van der Waals surface area contributed by atoms with Crippen molar-refractivity contribution in [2.45, 2.75) is 58.9 Å². The summed E-state index contributed by atoms with van der Waals surface area (Å²) >= 11 is 0. The van der Waals surface area contributed by atoms with Gasteiger partial charge in [0.1, 0.15) is 17.0 Å². The van der Waals surface area contributed by atoms with Crippen LogP contribution in [0.4, 0.5) is 5.82 Å². The van der Waals surface area contributed by atoms with Gasteiger partial charge in [0.25, 0.3) is 0 Å². The first-order valence-electron chi connectivity index (χ1n) is 9.01. The van der Waals surface area contributed by atoms with Crippen LogP contribution in [0.15, 0.2) is 22.7 Å². The smallest absolute Gasteiger partial charge is 0.228 e. The molecular weight excluding hydrogens is 312 g/mol. The topological polar surface area (TPSA) is 63.8 Å². The summed E-state index contributed by atoms with van der Waals surface area (Å²) in [5, 5.41) is 7.95. The molecule has 25 heavy (non-hydrogen) atoms. The van der Waals surface area contributed by atoms with Crippen LogP contribution in [0.5, 0.6) is 0 Å². The fraction of sp³-hybridized carbons (Fsp3) is 0.450. The van der Waals surface area contributed by atoms with E-state index >= 15 is 0 Å². The van der Waals surface area contributed by atoms with E-state index in [9.17, 15) is 0 Å². The molecule has 0 spiro atoms. The molecule has 0 radical (unpaired) electrons. The lowest BCUT2D eigenvalue weighted by Gasteiger charge is -2.17. The molecule has 130 valence electrons. The Morgan fingerprint density at radius 2 is 1.96 bits per heavy atom. The third-order valence-electron chi connectivity index (χ3n) is 5.03. The van der Waals surface area contributed by atoms with Gasteiger partial charge >= 0.3 is 0 Å². The van der Waals surface area contributed by atoms with Crippen LogP contribution in [0.3, 0.4) is 0 Å². The Morgan fingerprint density at radius 1 is 1.16 bits per heavy atom. The van der Waals surface area contributed by atoms with Gasteiger partial charge in [0.15, 0.2) is 5.82 Å². The summed E-state index contributed by atoms with van der Waals surface area (Å²) in [5.41, 5.74) is 5.87. The molecule has 1 fully saturated rings. The molecule has 0 atom stereocenters. The summed E-state index contributed by atoms with van der Waals surface area (Å²) in [6, 6.07) is 6.34. The van der Waals surface area contributed by atoms with Gasteiger partial charge in [-0.05, 0) is 45.6 Å². The first-order valence-corrected chi connectivity index (χ1v) is 9.01. The van der Waals surface area contributed by atoms with E-state index in [1.54, 1.807) is 0 Å². The molecule has 0 bridgehead atoms. The minimum atomic E-state index is 0.176. The number of aryl methyl sites for hydroxylation is 3. The van der Waals surface area contributed by atoms with Gasteiger partial charge in [0.05, 0.1) is 0 Å². The van der Waals surface area contributed by atoms with Gasteiger partial charge in [-0.2, -0.15) is 0 Å². The third-order valence-corrected chi connectivity index (χ3v) is 5.03. The van der Waals surface area contributed by atoms with Gasteiger partial charge in [-0.1, -0.05) is 42.3 Å². The van der Waals surface area contributed by atoms with Crippen LogP contribution in [0.25, 0.3) is 22.4 Å². The Morgan fingerprint density at radius 3 is 2.64 bits per heavy atom. The minimum absolute atomic E-state index is 0.176. The van der Waals surface area contributed by atoms with Crippen molar-refractivity contribution in [1.82, 2.24) is 15.1 Å². The van der Waals surface area contributed by atoms with E-state index in [-0.39, 0.29) is 5.54 Å². The van der Waals surface area contributed by atoms with Crippen LogP contribution >= 0.6 is 0 Å². The second kappa shape index (κ2) is 5.83. The number of rotatable bonds is 5. The van der Waals surface area contributed by atoms with Crippen LogP contribution in [0.1, 0.15) is 49.6 Å². The summed E-state index contributed by atoms with van der Waals surface area (Å²) in [7, 11) is 0. The Bertz CT molecular complexity index is 940. The quantitative estimate of drug-likeness (QED) is 0.714. The van der Waals surface area contributed by atoms with E-state index in [0.717, 1.165) is 41.3 Å². The fourth-order valence-corrected chi connectivity index (χ4v) is 3.60. The van der Waals surface area contributed by atoms with Crippen molar-refractivity contribution < 1.29 is 4.52 Å². The normalized spacial score (nSPS) is 15.5. The molecule has 0 saturated heterocycles. The van der Waals surface area contributed by atoms with Gasteiger partial charge in [-0.15, -0.1) is 0 Å². The first kappa shape index (κ1) is 16.1. The molecule has 4 rings (SSSR count). The number of aromatic nitrogens is 3. The molecule has 5 nitrogen and oxygen atoms in total. The minimum Gasteiger partial charge on any atom is -0.361 e. The van der Waals surface area contributed by atoms with Gasteiger partial charge in [0, 0.05) is 11.1 Å². The molecule has 0 aliphatic heterocycles. The maximum atomic E-state index is 5.69. The summed E-state index contributed by atoms with van der Waals surface area (Å²) in [6.07, 6.45) is 4.67. The van der Waals surface area contributed by atoms with Gasteiger partial charge in [-0.3, -0.25) is 0 Å². The SMILES string of the molecule is CCCC1(Nc2nc(C)nc3c(-c4ccc(C)cc4C)noc23)CC1. The molecular formula is C20H24N4O. The maximum Gasteiger partial charge on any atom is 0.228 e. The number of hydrogen-bond donors (Lipinski definition) is 1. The summed E-state index contributed by atoms with van der Waals surface area (Å²) in [4.78, 5) is 9.22. The number of nitrogens with zero attached hydrogens (tertiary/aromatic N) is 3. The molecule has 1 aliphatic rings. The van der Waals surface area contributed by atoms with Crippen LogP contribution in [0, 0.1) is 20.8 Å². The van der Waals surface area contributed by atoms with Gasteiger partial charge in [0.2, 0.25) is 5.58 Å². The predicted molar refractivity (Wildman–Crippen MR) is 99.7 cm³/mol. The van der Waals surface area contributed by atoms with Crippen molar-refractivity contribution in [3.63, 3.8) is 0 Å². The first-order chi connectivity index (χ1) is 12.0. The monoisotopic (exact) mass is 336 g/mol. The molecule has 2 aromatic heterocycles. The van der Waals surface area contributed by atoms with Crippen LogP contribution < -0.4 is 5.32 Å². The van der Waals surface area contributed by atoms with Gasteiger partial charge in [-0.25, -0.2) is 9.97 Å². The van der Waals surface area contributed by atoms with Crippen molar-refractivity contribution in [2.75, 3.05) is 5.32 Å². The summed E-state index contributed by atoms with van der Waals surface area (Å²) in [5.74, 6) is 1.51. The zero-order chi connectivity index (χ0) is 17.6. The van der Waals surface area contributed by atoms with Crippen molar-refractivity contribution in [2.24, 2.45) is 0 Å². The van der Waals surface area contributed by atoms with E-state index in [0.29, 0.717) is 5.58 Å². The number of hydrogen-bond acceptors (Lipinski definition) is 5. The second-order valence-corrected chi connectivity index (χ2v) is 7.30. The molecule has 5 heteroatoms. The van der Waals surface area contributed by atoms with E-state index in [4.69, 9.17) is 4.52 Å². The van der Waals surface area contributed by atoms with Crippen LogP contribution in [0.2, 0.25) is 0 Å². The standard InChI is InChI=1S/C20H24N4O/c1-5-8-20(9-10-20)23-19-18-17(21-14(4)22-19)16(24-25-18)15-7-6-12(2)11-13(15)3/h6-7,11H,5,8-10H2,1-4H3,(H,21,22,23). The van der Waals surface area contributed by atoms with Crippen molar-refractivity contribution >= 4 is 16.9 Å². The van der Waals surface area contributed by atoms with Crippen molar-refractivity contribution in [1.29, 1.82) is 0 Å². The number of fused-ring (bicyclic) bond motifs is 1. The Balaban J connectivity index is 1.81. The Labute approximate surface area is 147 Å². The molecule has 2 heterocycles. The largest absolute Gasteiger partial charge is 0.361 e. The van der Waals surface area contributed by atoms with E-state index < -0.39 is 0 Å². The predicted octanol–water partition coefficient (Wildman–Crippen LogP) is 4.95. The van der Waals surface area contributed by atoms with Crippen molar-refractivity contribution in [3.8, 4) is 11.3 Å². The third kappa shape index (κ3) is 2.88. The Hall–Kier alpha value is -2.43. The van der Waals surface area contributed by atoms with Crippen molar-refractivity contribution in [3.05, 3.63) is 35.2 Å². The lowest BCUT2D eigenvalue weighted by molar-refractivity contribution is 0.458. The summed E-state index contributed by atoms with van der Waals surface area (Å²) in [6.45, 7) is 8.32. The lowest BCUT2D eigenvalue weighted by Crippen LogP contribution is -2.21.